The Morgan fingerprint density at radius 3 is 1.11 bits per heavy atom. The first-order valence-corrected chi connectivity index (χ1v) is 26.0. The van der Waals surface area contributed by atoms with Crippen LogP contribution in [0.5, 0.6) is 17.2 Å². The van der Waals surface area contributed by atoms with Gasteiger partial charge in [0.05, 0.1) is 0 Å². The van der Waals surface area contributed by atoms with E-state index in [0.29, 0.717) is 5.75 Å². The monoisotopic (exact) mass is 1010 g/mol. The van der Waals surface area contributed by atoms with E-state index in [1.807, 2.05) is 6.08 Å². The summed E-state index contributed by atoms with van der Waals surface area (Å²) in [6.45, 7) is 16.1. The molecular formula is C55H69Br3O3. The van der Waals surface area contributed by atoms with Crippen LogP contribution in [0.25, 0.3) is 6.08 Å². The normalized spacial score (nSPS) is 38.3. The number of halogens is 3. The van der Waals surface area contributed by atoms with Gasteiger partial charge in [0.25, 0.3) is 0 Å². The van der Waals surface area contributed by atoms with Gasteiger partial charge in [-0.15, -0.1) is 0 Å². The molecule has 1 N–H and O–H groups in total. The fraction of sp³-hybridized carbons (Fsp3) is 0.564. The van der Waals surface area contributed by atoms with Gasteiger partial charge in [-0.25, -0.2) is 0 Å². The van der Waals surface area contributed by atoms with Gasteiger partial charge in [0.1, 0.15) is 28.5 Å². The first-order valence-electron chi connectivity index (χ1n) is 23.5. The van der Waals surface area contributed by atoms with Gasteiger partial charge >= 0.3 is 0 Å². The second kappa shape index (κ2) is 19.4. The summed E-state index contributed by atoms with van der Waals surface area (Å²) in [5.41, 5.74) is 2.94. The third-order valence-electron chi connectivity index (χ3n) is 17.1. The van der Waals surface area contributed by atoms with E-state index < -0.39 is 0 Å². The van der Waals surface area contributed by atoms with Crippen molar-refractivity contribution in [2.24, 2.45) is 71.0 Å². The summed E-state index contributed by atoms with van der Waals surface area (Å²) in [5.74, 6) is 13.6. The molecule has 0 heterocycles. The van der Waals surface area contributed by atoms with Gasteiger partial charge in [-0.1, -0.05) is 91.3 Å². The Hall–Kier alpha value is -2.28. The molecule has 328 valence electrons. The predicted octanol–water partition coefficient (Wildman–Crippen LogP) is 16.6. The molecule has 6 heteroatoms. The maximum absolute atomic E-state index is 8.74. The molecule has 61 heavy (non-hydrogen) atoms. The number of benzene rings is 3. The van der Waals surface area contributed by atoms with Gasteiger partial charge in [-0.2, -0.15) is 0 Å². The van der Waals surface area contributed by atoms with Crippen molar-refractivity contribution in [2.75, 3.05) is 0 Å². The van der Waals surface area contributed by atoms with Gasteiger partial charge < -0.3 is 14.6 Å². The number of hydrogen-bond acceptors (Lipinski definition) is 3. The molecule has 0 aromatic heterocycles. The average molecular weight is 1020 g/mol. The van der Waals surface area contributed by atoms with Crippen LogP contribution < -0.4 is 9.47 Å². The Kier molecular flexibility index (Phi) is 14.4. The van der Waals surface area contributed by atoms with E-state index in [0.717, 1.165) is 97.0 Å². The molecule has 12 fully saturated rings. The topological polar surface area (TPSA) is 38.7 Å². The summed E-state index contributed by atoms with van der Waals surface area (Å²) in [6.07, 6.45) is 23.6. The fourth-order valence-electron chi connectivity index (χ4n) is 14.5. The SMILES string of the molecule is C=C1C2CC3CC(C2)CC1C3.C=CBr.C=Cc1ccc(OC2(C)C3CC4CC(C3)CC2C4)cc1.CC1(Oc2ccc(Br)cc2)C2CC3CC(C2)CC1C3.Oc1ccc(Br)cc1. The molecule has 12 saturated carbocycles. The highest BCUT2D eigenvalue weighted by Gasteiger charge is 2.57. The predicted molar refractivity (Wildman–Crippen MR) is 264 cm³/mol. The first kappa shape index (κ1) is 45.3. The van der Waals surface area contributed by atoms with Gasteiger partial charge in [0, 0.05) is 8.95 Å². The van der Waals surface area contributed by atoms with Crippen molar-refractivity contribution in [1.29, 1.82) is 0 Å². The molecule has 15 rings (SSSR count). The Balaban J connectivity index is 0.000000116. The van der Waals surface area contributed by atoms with Crippen LogP contribution in [0.4, 0.5) is 0 Å². The van der Waals surface area contributed by atoms with E-state index in [4.69, 9.17) is 14.6 Å². The molecule has 0 unspecified atom stereocenters. The third kappa shape index (κ3) is 10.3. The van der Waals surface area contributed by atoms with Crippen LogP contribution in [0.2, 0.25) is 0 Å². The average Bonchev–Trinajstić information content (AvgIpc) is 3.24. The van der Waals surface area contributed by atoms with Crippen LogP contribution in [-0.4, -0.2) is 16.3 Å². The molecule has 3 nitrogen and oxygen atoms in total. The van der Waals surface area contributed by atoms with Crippen LogP contribution in [0.15, 0.2) is 112 Å². The molecule has 12 aliphatic carbocycles. The maximum Gasteiger partial charge on any atom is 0.120 e. The summed E-state index contributed by atoms with van der Waals surface area (Å²) in [6, 6.07) is 23.6. The van der Waals surface area contributed by atoms with Gasteiger partial charge in [-0.05, 0) is 252 Å². The molecule has 12 aliphatic rings. The van der Waals surface area contributed by atoms with E-state index in [1.54, 1.807) is 41.2 Å². The molecule has 0 aliphatic heterocycles. The van der Waals surface area contributed by atoms with Crippen LogP contribution in [-0.2, 0) is 0 Å². The van der Waals surface area contributed by atoms with Gasteiger partial charge in [-0.3, -0.25) is 0 Å². The third-order valence-corrected chi connectivity index (χ3v) is 18.2. The van der Waals surface area contributed by atoms with Crippen LogP contribution in [0.1, 0.15) is 116 Å². The van der Waals surface area contributed by atoms with Crippen molar-refractivity contribution in [3.8, 4) is 17.2 Å². The minimum absolute atomic E-state index is 0.0725. The van der Waals surface area contributed by atoms with Crippen molar-refractivity contribution >= 4 is 53.9 Å². The second-order valence-electron chi connectivity index (χ2n) is 20.9. The summed E-state index contributed by atoms with van der Waals surface area (Å²) < 4.78 is 15.2. The van der Waals surface area contributed by atoms with Crippen molar-refractivity contribution in [3.63, 3.8) is 0 Å². The van der Waals surface area contributed by atoms with E-state index in [9.17, 15) is 0 Å². The molecule has 12 bridgehead atoms. The number of hydrogen-bond donors (Lipinski definition) is 1. The molecule has 3 aromatic rings. The summed E-state index contributed by atoms with van der Waals surface area (Å²) in [7, 11) is 0. The Morgan fingerprint density at radius 1 is 0.508 bits per heavy atom. The van der Waals surface area contributed by atoms with E-state index >= 15 is 0 Å². The van der Waals surface area contributed by atoms with Crippen molar-refractivity contribution < 1.29 is 14.6 Å². The Bertz CT molecular complexity index is 1840. The maximum atomic E-state index is 8.74. The standard InChI is InChI=1S/C19H24O.C17H21BrO.C11H16.C6H5BrO.C2H3Br/c1-3-13-4-6-18(7-5-13)20-19(2)16-9-14-8-15(11-16)12-17(19)10-14;1-17(19-16-4-2-15(18)3-5-16)13-7-11-6-12(9-13)10-14(17)8-11;1-7-10-3-8-2-9(5-10)6-11(7)4-8;7-5-1-3-6(8)4-2-5;1-2-3/h3-7,14-17H,1,8-12H2,2H3;2-5,11-14H,6-10H2,1H3;8-11H,1-6H2;1-4,8H;2H,1H2. The molecule has 3 aromatic carbocycles. The zero-order valence-electron chi connectivity index (χ0n) is 36.6. The smallest absolute Gasteiger partial charge is 0.120 e. The summed E-state index contributed by atoms with van der Waals surface area (Å²) in [4.78, 5) is 1.56. The number of ether oxygens (including phenoxy) is 2. The van der Waals surface area contributed by atoms with E-state index in [1.165, 1.54) is 89.9 Å². The molecule has 0 saturated heterocycles. The van der Waals surface area contributed by atoms with Gasteiger partial charge in [0.2, 0.25) is 0 Å². The van der Waals surface area contributed by atoms with Gasteiger partial charge in [0.15, 0.2) is 0 Å². The number of phenols is 1. The van der Waals surface area contributed by atoms with Crippen molar-refractivity contribution in [2.45, 2.75) is 121 Å². The summed E-state index contributed by atoms with van der Waals surface area (Å²) >= 11 is 9.63. The highest BCUT2D eigenvalue weighted by Crippen LogP contribution is 2.61. The van der Waals surface area contributed by atoms with Crippen LogP contribution in [0.3, 0.4) is 0 Å². The highest BCUT2D eigenvalue weighted by molar-refractivity contribution is 9.11. The Labute approximate surface area is 393 Å². The molecule has 0 amide bonds. The van der Waals surface area contributed by atoms with Crippen LogP contribution >= 0.6 is 47.8 Å². The second-order valence-corrected chi connectivity index (χ2v) is 23.4. The lowest BCUT2D eigenvalue weighted by molar-refractivity contribution is -0.145. The lowest BCUT2D eigenvalue weighted by Crippen LogP contribution is -2.59. The summed E-state index contributed by atoms with van der Waals surface area (Å²) in [5, 5.41) is 8.74. The van der Waals surface area contributed by atoms with E-state index in [-0.39, 0.29) is 11.2 Å². The molecule has 0 radical (unpaired) electrons. The Morgan fingerprint density at radius 2 is 0.803 bits per heavy atom. The fourth-order valence-corrected chi connectivity index (χ4v) is 15.0. The minimum atomic E-state index is 0.0725. The number of phenolic OH excluding ortho intramolecular Hbond substituents is 1. The molecule has 0 atom stereocenters. The minimum Gasteiger partial charge on any atom is -0.508 e. The largest absolute Gasteiger partial charge is 0.508 e. The van der Waals surface area contributed by atoms with Crippen molar-refractivity contribution in [3.05, 3.63) is 118 Å². The quantitative estimate of drug-likeness (QED) is 0.259. The van der Waals surface area contributed by atoms with Crippen LogP contribution in [0, 0.1) is 71.0 Å². The first-order chi connectivity index (χ1) is 29.3. The van der Waals surface area contributed by atoms with E-state index in [2.05, 4.69) is 130 Å². The lowest BCUT2D eigenvalue weighted by Gasteiger charge is -2.59. The molecule has 0 spiro atoms. The highest BCUT2D eigenvalue weighted by atomic mass is 79.9. The number of allylic oxidation sites excluding steroid dienone is 1. The number of rotatable bonds is 5. The zero-order valence-corrected chi connectivity index (χ0v) is 41.4. The molecular weight excluding hydrogens is 948 g/mol. The number of aromatic hydroxyl groups is 1. The van der Waals surface area contributed by atoms with Crippen molar-refractivity contribution in [1.82, 2.24) is 0 Å². The zero-order chi connectivity index (χ0) is 42.9. The lowest BCUT2D eigenvalue weighted by atomic mass is 9.50.